The van der Waals surface area contributed by atoms with Crippen molar-refractivity contribution in [2.45, 2.75) is 17.2 Å². The summed E-state index contributed by atoms with van der Waals surface area (Å²) >= 11 is 1.55. The van der Waals surface area contributed by atoms with E-state index in [1.165, 1.54) is 6.07 Å². The Morgan fingerprint density at radius 1 is 1.00 bits per heavy atom. The fourth-order valence-electron chi connectivity index (χ4n) is 2.11. The molecule has 2 nitrogen and oxygen atoms in total. The van der Waals surface area contributed by atoms with E-state index in [9.17, 15) is 4.39 Å². The molecule has 3 aromatic rings. The molecule has 4 heteroatoms. The zero-order valence-corrected chi connectivity index (χ0v) is 11.8. The van der Waals surface area contributed by atoms with E-state index in [0.717, 1.165) is 15.9 Å². The van der Waals surface area contributed by atoms with E-state index in [1.54, 1.807) is 24.2 Å². The van der Waals surface area contributed by atoms with Gasteiger partial charge in [0.25, 0.3) is 0 Å². The quantitative estimate of drug-likeness (QED) is 0.518. The minimum Gasteiger partial charge on any atom is -0.236 e. The molecule has 0 aliphatic rings. The Hall–Kier alpha value is -1.94. The van der Waals surface area contributed by atoms with E-state index in [4.69, 9.17) is 0 Å². The second-order valence-corrected chi connectivity index (χ2v) is 5.81. The van der Waals surface area contributed by atoms with Crippen LogP contribution in [-0.2, 0) is 0 Å². The minimum atomic E-state index is -0.175. The number of thioether (sulfide) groups is 1. The van der Waals surface area contributed by atoms with Crippen LogP contribution in [0.5, 0.6) is 0 Å². The summed E-state index contributed by atoms with van der Waals surface area (Å²) in [5, 5.41) is 1.88. The van der Waals surface area contributed by atoms with E-state index < -0.39 is 0 Å². The lowest BCUT2D eigenvalue weighted by atomic mass is 10.1. The van der Waals surface area contributed by atoms with Gasteiger partial charge in [0.05, 0.1) is 5.52 Å². The first kappa shape index (κ1) is 13.1. The summed E-state index contributed by atoms with van der Waals surface area (Å²) in [6, 6.07) is 14.7. The van der Waals surface area contributed by atoms with Gasteiger partial charge in [0.1, 0.15) is 17.2 Å². The van der Waals surface area contributed by atoms with Gasteiger partial charge in [-0.2, -0.15) is 0 Å². The van der Waals surface area contributed by atoms with Crippen LogP contribution in [0.15, 0.2) is 59.9 Å². The van der Waals surface area contributed by atoms with E-state index in [1.807, 2.05) is 43.3 Å². The highest BCUT2D eigenvalue weighted by Gasteiger charge is 2.14. The molecule has 0 spiro atoms. The van der Waals surface area contributed by atoms with Gasteiger partial charge in [-0.05, 0) is 19.1 Å². The summed E-state index contributed by atoms with van der Waals surface area (Å²) in [6.45, 7) is 1.99. The number of fused-ring (bicyclic) bond motifs is 1. The molecule has 1 unspecified atom stereocenters. The molecule has 0 aliphatic carbocycles. The number of nitrogens with zero attached hydrogens (tertiary/aromatic N) is 2. The minimum absolute atomic E-state index is 0.00509. The summed E-state index contributed by atoms with van der Waals surface area (Å²) < 4.78 is 13.8. The fourth-order valence-corrected chi connectivity index (χ4v) is 3.17. The first-order valence-corrected chi connectivity index (χ1v) is 7.24. The zero-order chi connectivity index (χ0) is 13.9. The molecular weight excluding hydrogens is 271 g/mol. The van der Waals surface area contributed by atoms with E-state index in [-0.39, 0.29) is 11.1 Å². The Balaban J connectivity index is 1.96. The lowest BCUT2D eigenvalue weighted by Crippen LogP contribution is -1.95. The van der Waals surface area contributed by atoms with Gasteiger partial charge in [0, 0.05) is 16.2 Å². The molecule has 0 radical (unpaired) electrons. The third-order valence-electron chi connectivity index (χ3n) is 3.14. The number of aromatic nitrogens is 2. The molecule has 1 heterocycles. The van der Waals surface area contributed by atoms with Gasteiger partial charge in [-0.15, -0.1) is 0 Å². The van der Waals surface area contributed by atoms with Gasteiger partial charge in [-0.1, -0.05) is 48.2 Å². The van der Waals surface area contributed by atoms with Crippen molar-refractivity contribution in [2.24, 2.45) is 0 Å². The standard InChI is InChI=1S/C16H13FN2S/c1-11(12-6-2-4-8-14(12)17)20-16-13-7-3-5-9-15(13)18-10-19-16/h2-11H,1H3. The van der Waals surface area contributed by atoms with Crippen LogP contribution < -0.4 is 0 Å². The predicted molar refractivity (Wildman–Crippen MR) is 80.2 cm³/mol. The Labute approximate surface area is 121 Å². The van der Waals surface area contributed by atoms with Crippen molar-refractivity contribution >= 4 is 22.7 Å². The number of hydrogen-bond acceptors (Lipinski definition) is 3. The molecular formula is C16H13FN2S. The van der Waals surface area contributed by atoms with Crippen LogP contribution >= 0.6 is 11.8 Å². The second kappa shape index (κ2) is 5.59. The first-order chi connectivity index (χ1) is 9.75. The largest absolute Gasteiger partial charge is 0.236 e. The summed E-state index contributed by atoms with van der Waals surface area (Å²) in [4.78, 5) is 8.57. The third kappa shape index (κ3) is 2.51. The van der Waals surface area contributed by atoms with Crippen LogP contribution in [0.3, 0.4) is 0 Å². The monoisotopic (exact) mass is 284 g/mol. The van der Waals surface area contributed by atoms with Gasteiger partial charge in [0.2, 0.25) is 0 Å². The molecule has 0 bridgehead atoms. The van der Waals surface area contributed by atoms with Crippen LogP contribution in [-0.4, -0.2) is 9.97 Å². The van der Waals surface area contributed by atoms with Crippen LogP contribution in [0.25, 0.3) is 10.9 Å². The molecule has 0 amide bonds. The molecule has 2 aromatic carbocycles. The SMILES string of the molecule is CC(Sc1ncnc2ccccc12)c1ccccc1F. The van der Waals surface area contributed by atoms with Crippen molar-refractivity contribution in [3.8, 4) is 0 Å². The number of halogens is 1. The topological polar surface area (TPSA) is 25.8 Å². The Morgan fingerprint density at radius 3 is 2.60 bits per heavy atom. The molecule has 100 valence electrons. The average Bonchev–Trinajstić information content (AvgIpc) is 2.48. The molecule has 1 atom stereocenters. The van der Waals surface area contributed by atoms with Crippen LogP contribution in [0.2, 0.25) is 0 Å². The summed E-state index contributed by atoms with van der Waals surface area (Å²) in [6.07, 6.45) is 1.55. The van der Waals surface area contributed by atoms with Crippen LogP contribution in [0, 0.1) is 5.82 Å². The normalized spacial score (nSPS) is 12.5. The maximum absolute atomic E-state index is 13.8. The predicted octanol–water partition coefficient (Wildman–Crippen LogP) is 4.62. The van der Waals surface area contributed by atoms with Crippen molar-refractivity contribution in [3.05, 3.63) is 66.2 Å². The Morgan fingerprint density at radius 2 is 1.75 bits per heavy atom. The highest BCUT2D eigenvalue weighted by Crippen LogP contribution is 2.37. The number of rotatable bonds is 3. The first-order valence-electron chi connectivity index (χ1n) is 6.36. The highest BCUT2D eigenvalue weighted by molar-refractivity contribution is 7.99. The van der Waals surface area contributed by atoms with Crippen molar-refractivity contribution in [2.75, 3.05) is 0 Å². The molecule has 0 fully saturated rings. The molecule has 20 heavy (non-hydrogen) atoms. The van der Waals surface area contributed by atoms with E-state index in [0.29, 0.717) is 5.56 Å². The van der Waals surface area contributed by atoms with Crippen molar-refractivity contribution in [3.63, 3.8) is 0 Å². The number of benzene rings is 2. The zero-order valence-electron chi connectivity index (χ0n) is 11.0. The summed E-state index contributed by atoms with van der Waals surface area (Å²) in [5.74, 6) is -0.175. The lowest BCUT2D eigenvalue weighted by molar-refractivity contribution is 0.611. The van der Waals surface area contributed by atoms with Crippen molar-refractivity contribution < 1.29 is 4.39 Å². The van der Waals surface area contributed by atoms with Gasteiger partial charge in [-0.25, -0.2) is 14.4 Å². The second-order valence-electron chi connectivity index (χ2n) is 4.48. The molecule has 0 aliphatic heterocycles. The maximum atomic E-state index is 13.8. The van der Waals surface area contributed by atoms with Crippen LogP contribution in [0.1, 0.15) is 17.7 Å². The van der Waals surface area contributed by atoms with Crippen LogP contribution in [0.4, 0.5) is 4.39 Å². The average molecular weight is 284 g/mol. The number of para-hydroxylation sites is 1. The van der Waals surface area contributed by atoms with Gasteiger partial charge >= 0.3 is 0 Å². The molecule has 0 saturated heterocycles. The molecule has 1 aromatic heterocycles. The van der Waals surface area contributed by atoms with Gasteiger partial charge < -0.3 is 0 Å². The van der Waals surface area contributed by atoms with Gasteiger partial charge in [-0.3, -0.25) is 0 Å². The summed E-state index contributed by atoms with van der Waals surface area (Å²) in [5.41, 5.74) is 1.60. The molecule has 3 rings (SSSR count). The van der Waals surface area contributed by atoms with E-state index in [2.05, 4.69) is 9.97 Å². The van der Waals surface area contributed by atoms with Gasteiger partial charge in [0.15, 0.2) is 0 Å². The fraction of sp³-hybridized carbons (Fsp3) is 0.125. The Bertz CT molecular complexity index is 740. The summed E-state index contributed by atoms with van der Waals surface area (Å²) in [7, 11) is 0. The third-order valence-corrected chi connectivity index (χ3v) is 4.29. The number of hydrogen-bond donors (Lipinski definition) is 0. The van der Waals surface area contributed by atoms with Crippen molar-refractivity contribution in [1.29, 1.82) is 0 Å². The highest BCUT2D eigenvalue weighted by atomic mass is 32.2. The smallest absolute Gasteiger partial charge is 0.127 e. The Kier molecular flexibility index (Phi) is 3.65. The van der Waals surface area contributed by atoms with Crippen molar-refractivity contribution in [1.82, 2.24) is 9.97 Å². The molecule has 0 N–H and O–H groups in total. The molecule has 0 saturated carbocycles. The lowest BCUT2D eigenvalue weighted by Gasteiger charge is -2.13. The van der Waals surface area contributed by atoms with E-state index >= 15 is 0 Å². The maximum Gasteiger partial charge on any atom is 0.127 e.